The molecule has 9 aromatic carbocycles. The summed E-state index contributed by atoms with van der Waals surface area (Å²) >= 11 is 0. The molecule has 1 aliphatic carbocycles. The van der Waals surface area contributed by atoms with Crippen molar-refractivity contribution in [2.45, 2.75) is 19.3 Å². The lowest BCUT2D eigenvalue weighted by Gasteiger charge is -2.21. The number of aromatic nitrogens is 3. The molecule has 3 aromatic heterocycles. The van der Waals surface area contributed by atoms with E-state index in [1.807, 2.05) is 24.3 Å². The predicted octanol–water partition coefficient (Wildman–Crippen LogP) is 15.0. The number of benzene rings is 9. The van der Waals surface area contributed by atoms with Gasteiger partial charge in [-0.25, -0.2) is 15.0 Å². The van der Waals surface area contributed by atoms with Gasteiger partial charge in [0.05, 0.1) is 0 Å². The molecule has 0 aliphatic heterocycles. The Balaban J connectivity index is 1.02. The monoisotopic (exact) mass is 781 g/mol. The highest BCUT2D eigenvalue weighted by atomic mass is 16.3. The molecule has 0 unspecified atom stereocenters. The van der Waals surface area contributed by atoms with Crippen molar-refractivity contribution in [1.82, 2.24) is 15.0 Å². The maximum Gasteiger partial charge on any atom is 0.164 e. The van der Waals surface area contributed by atoms with Crippen LogP contribution in [0.2, 0.25) is 0 Å². The van der Waals surface area contributed by atoms with Crippen molar-refractivity contribution in [1.29, 1.82) is 0 Å². The van der Waals surface area contributed by atoms with E-state index in [0.29, 0.717) is 17.5 Å². The topological polar surface area (TPSA) is 65.0 Å². The lowest BCUT2D eigenvalue weighted by Crippen LogP contribution is -2.15. The molecule has 0 saturated carbocycles. The van der Waals surface area contributed by atoms with Gasteiger partial charge in [-0.1, -0.05) is 153 Å². The summed E-state index contributed by atoms with van der Waals surface area (Å²) in [6.45, 7) is 4.59. The minimum atomic E-state index is -0.324. The van der Waals surface area contributed by atoms with Gasteiger partial charge in [-0.3, -0.25) is 0 Å². The first-order chi connectivity index (χ1) is 30.0. The van der Waals surface area contributed by atoms with E-state index >= 15 is 0 Å². The fraction of sp³-hybridized carbons (Fsp3) is 0.0536. The molecular formula is C56H35N3O2. The van der Waals surface area contributed by atoms with Crippen LogP contribution in [0.15, 0.2) is 185 Å². The third-order valence-corrected chi connectivity index (χ3v) is 12.9. The fourth-order valence-corrected chi connectivity index (χ4v) is 10.1. The first kappa shape index (κ1) is 34.0. The molecule has 0 radical (unpaired) electrons. The van der Waals surface area contributed by atoms with Crippen LogP contribution >= 0.6 is 0 Å². The number of nitrogens with zero attached hydrogens (tertiary/aromatic N) is 3. The van der Waals surface area contributed by atoms with Crippen molar-refractivity contribution >= 4 is 65.4 Å². The third-order valence-electron chi connectivity index (χ3n) is 12.9. The normalized spacial score (nSPS) is 13.2. The van der Waals surface area contributed by atoms with E-state index in [9.17, 15) is 0 Å². The molecule has 5 heteroatoms. The van der Waals surface area contributed by atoms with Crippen LogP contribution in [0.3, 0.4) is 0 Å². The molecule has 0 N–H and O–H groups in total. The Morgan fingerprint density at radius 2 is 1.07 bits per heavy atom. The number of rotatable bonds is 4. The van der Waals surface area contributed by atoms with Crippen molar-refractivity contribution in [3.05, 3.63) is 187 Å². The number of para-hydroxylation sites is 1. The molecule has 13 rings (SSSR count). The van der Waals surface area contributed by atoms with E-state index in [4.69, 9.17) is 23.8 Å². The Kier molecular flexibility index (Phi) is 7.00. The maximum atomic E-state index is 6.70. The van der Waals surface area contributed by atoms with Gasteiger partial charge >= 0.3 is 0 Å². The van der Waals surface area contributed by atoms with Gasteiger partial charge in [0.2, 0.25) is 0 Å². The second-order valence-corrected chi connectivity index (χ2v) is 16.7. The molecule has 0 spiro atoms. The van der Waals surface area contributed by atoms with Crippen LogP contribution in [0.25, 0.3) is 122 Å². The number of furan rings is 2. The molecule has 0 amide bonds. The molecule has 0 atom stereocenters. The van der Waals surface area contributed by atoms with Crippen LogP contribution in [-0.4, -0.2) is 15.0 Å². The summed E-state index contributed by atoms with van der Waals surface area (Å²) in [4.78, 5) is 15.7. The summed E-state index contributed by atoms with van der Waals surface area (Å²) in [5.41, 5.74) is 12.9. The van der Waals surface area contributed by atoms with Crippen LogP contribution in [-0.2, 0) is 5.41 Å². The summed E-state index contributed by atoms with van der Waals surface area (Å²) in [5, 5.41) is 9.09. The van der Waals surface area contributed by atoms with Gasteiger partial charge in [0.1, 0.15) is 22.3 Å². The second-order valence-electron chi connectivity index (χ2n) is 16.7. The van der Waals surface area contributed by atoms with Crippen LogP contribution in [0.4, 0.5) is 0 Å². The molecule has 286 valence electrons. The Labute approximate surface area is 350 Å². The van der Waals surface area contributed by atoms with Crippen molar-refractivity contribution in [2.75, 3.05) is 0 Å². The van der Waals surface area contributed by atoms with Gasteiger partial charge in [0, 0.05) is 49.2 Å². The molecule has 3 heterocycles. The quantitative estimate of drug-likeness (QED) is 0.178. The van der Waals surface area contributed by atoms with Crippen LogP contribution < -0.4 is 0 Å². The standard InChI is InChI=1S/C56H35N3O2/c1-56(2)45-24-13-23-42(49(45)41-28-27-40-38-20-10-11-25-46(38)61-52(40)51(41)56)55-58-53(33-15-4-3-5-16-33)57-54(59-55)34-26-29-47-44(30-34)50-39-21-9-8-19-37(39)43(31-48(50)60-47)36-22-12-17-32-14-6-7-18-35(32)36/h3-31H,1-2H3. The second kappa shape index (κ2) is 12.6. The van der Waals surface area contributed by atoms with Gasteiger partial charge in [0.15, 0.2) is 17.5 Å². The highest BCUT2D eigenvalue weighted by Gasteiger charge is 2.40. The minimum absolute atomic E-state index is 0.324. The van der Waals surface area contributed by atoms with E-state index in [1.165, 1.54) is 32.8 Å². The van der Waals surface area contributed by atoms with Crippen LogP contribution in [0, 0.1) is 0 Å². The molecule has 0 fully saturated rings. The predicted molar refractivity (Wildman–Crippen MR) is 249 cm³/mol. The largest absolute Gasteiger partial charge is 0.456 e. The van der Waals surface area contributed by atoms with E-state index < -0.39 is 0 Å². The van der Waals surface area contributed by atoms with Gasteiger partial charge in [0.25, 0.3) is 0 Å². The highest BCUT2D eigenvalue weighted by molar-refractivity contribution is 6.23. The van der Waals surface area contributed by atoms with Gasteiger partial charge < -0.3 is 8.83 Å². The molecule has 0 bridgehead atoms. The zero-order chi connectivity index (χ0) is 40.4. The Hall–Kier alpha value is -7.89. The maximum absolute atomic E-state index is 6.70. The number of hydrogen-bond donors (Lipinski definition) is 0. The summed E-state index contributed by atoms with van der Waals surface area (Å²) in [6.07, 6.45) is 0. The summed E-state index contributed by atoms with van der Waals surface area (Å²) < 4.78 is 13.3. The molecule has 61 heavy (non-hydrogen) atoms. The molecule has 5 nitrogen and oxygen atoms in total. The van der Waals surface area contributed by atoms with E-state index in [2.05, 4.69) is 166 Å². The lowest BCUT2D eigenvalue weighted by atomic mass is 9.81. The first-order valence-corrected chi connectivity index (χ1v) is 20.8. The van der Waals surface area contributed by atoms with Gasteiger partial charge in [-0.15, -0.1) is 0 Å². The SMILES string of the molecule is CC1(C)c2cccc(-c3nc(-c4ccccc4)nc(-c4ccc5oc6cc(-c7cccc8ccccc78)c7ccccc7c6c5c4)n3)c2-c2ccc3c(oc4ccccc43)c21. The fourth-order valence-electron chi connectivity index (χ4n) is 10.1. The minimum Gasteiger partial charge on any atom is -0.456 e. The van der Waals surface area contributed by atoms with E-state index in [1.54, 1.807) is 0 Å². The Morgan fingerprint density at radius 1 is 0.393 bits per heavy atom. The molecular weight excluding hydrogens is 747 g/mol. The third kappa shape index (κ3) is 4.92. The zero-order valence-electron chi connectivity index (χ0n) is 33.4. The average molecular weight is 782 g/mol. The van der Waals surface area contributed by atoms with E-state index in [-0.39, 0.29) is 5.41 Å². The number of hydrogen-bond acceptors (Lipinski definition) is 5. The lowest BCUT2D eigenvalue weighted by molar-refractivity contribution is 0.620. The Bertz CT molecular complexity index is 3800. The van der Waals surface area contributed by atoms with Crippen molar-refractivity contribution in [2.24, 2.45) is 0 Å². The molecule has 0 saturated heterocycles. The highest BCUT2D eigenvalue weighted by Crippen LogP contribution is 2.55. The molecule has 1 aliphatic rings. The summed E-state index contributed by atoms with van der Waals surface area (Å²) in [7, 11) is 0. The average Bonchev–Trinajstić information content (AvgIpc) is 3.95. The van der Waals surface area contributed by atoms with Crippen molar-refractivity contribution < 1.29 is 8.83 Å². The molecule has 12 aromatic rings. The van der Waals surface area contributed by atoms with Crippen LogP contribution in [0.1, 0.15) is 25.0 Å². The van der Waals surface area contributed by atoms with Crippen LogP contribution in [0.5, 0.6) is 0 Å². The van der Waals surface area contributed by atoms with Gasteiger partial charge in [-0.05, 0) is 85.8 Å². The van der Waals surface area contributed by atoms with Crippen molar-refractivity contribution in [3.8, 4) is 56.4 Å². The van der Waals surface area contributed by atoms with Crippen molar-refractivity contribution in [3.63, 3.8) is 0 Å². The summed E-state index contributed by atoms with van der Waals surface area (Å²) in [6, 6.07) is 61.7. The van der Waals surface area contributed by atoms with Gasteiger partial charge in [-0.2, -0.15) is 0 Å². The van der Waals surface area contributed by atoms with E-state index in [0.717, 1.165) is 82.6 Å². The summed E-state index contributed by atoms with van der Waals surface area (Å²) in [5.74, 6) is 1.83. The smallest absolute Gasteiger partial charge is 0.164 e. The zero-order valence-corrected chi connectivity index (χ0v) is 33.4. The number of fused-ring (bicyclic) bond motifs is 13. The first-order valence-electron chi connectivity index (χ1n) is 20.8. The Morgan fingerprint density at radius 3 is 1.93 bits per heavy atom.